The van der Waals surface area contributed by atoms with Gasteiger partial charge in [0.2, 0.25) is 17.6 Å². The van der Waals surface area contributed by atoms with Crippen molar-refractivity contribution in [1.29, 1.82) is 0 Å². The molecule has 3 atom stereocenters. The minimum Gasteiger partial charge on any atom is -0.388 e. The molecule has 328 valence electrons. The Morgan fingerprint density at radius 3 is 2.46 bits per heavy atom. The van der Waals surface area contributed by atoms with E-state index in [1.807, 2.05) is 22.9 Å². The molecular weight excluding hydrogens is 840 g/mol. The van der Waals surface area contributed by atoms with Crippen LogP contribution >= 0.6 is 0 Å². The van der Waals surface area contributed by atoms with Gasteiger partial charge in [0.1, 0.15) is 23.7 Å². The SMILES string of the molecule is O=C1CC[C@@H](N2Cc3cc([C@H](O)CCN4CCC(c5ccc(-c6cnc7[nH]cc(C(=O)c8c(F)ccc(NS(=O)(=O)N9CC[C@@H](F)C9)c8F)c7c6)cc5)CC4)ccc3C2=O)C(=O)N1. The van der Waals surface area contributed by atoms with Crippen molar-refractivity contribution in [2.45, 2.75) is 69.3 Å². The number of benzene rings is 3. The predicted octanol–water partition coefficient (Wildman–Crippen LogP) is 5.50. The number of ketones is 1. The van der Waals surface area contributed by atoms with E-state index in [9.17, 15) is 37.1 Å². The number of aromatic nitrogens is 2. The first kappa shape index (κ1) is 42.4. The van der Waals surface area contributed by atoms with Gasteiger partial charge < -0.3 is 19.9 Å². The number of pyridine rings is 1. The molecule has 3 saturated heterocycles. The monoisotopic (exact) mass is 883 g/mol. The van der Waals surface area contributed by atoms with Crippen LogP contribution in [0.3, 0.4) is 0 Å². The van der Waals surface area contributed by atoms with Gasteiger partial charge in [0, 0.05) is 67.1 Å². The van der Waals surface area contributed by atoms with E-state index >= 15 is 8.78 Å². The standard InChI is InChI=1S/C45H44F3N7O7S/c46-31-13-18-54(24-31)63(61,62)52-36-8-7-35(47)40(41(36)48)42(58)34-22-50-43-33(34)20-29(21-49-43)26-3-1-25(2-4-26)27-11-15-53(16-12-27)17-14-38(56)28-5-6-32-30(19-28)23-55(45(32)60)37-9-10-39(57)51-44(37)59/h1-8,19-22,27,31,37-38,52,56H,9-18,23-24H2,(H,49,50)(H,51,57,59)/t31-,37-,38-/m1/s1. The number of aliphatic hydroxyl groups is 1. The van der Waals surface area contributed by atoms with Crippen molar-refractivity contribution in [3.05, 3.63) is 118 Å². The molecule has 6 heterocycles. The van der Waals surface area contributed by atoms with Crippen LogP contribution in [0.5, 0.6) is 0 Å². The van der Waals surface area contributed by atoms with Crippen LogP contribution in [0, 0.1) is 11.6 Å². The van der Waals surface area contributed by atoms with Crippen LogP contribution in [0.25, 0.3) is 22.2 Å². The van der Waals surface area contributed by atoms with Gasteiger partial charge in [-0.25, -0.2) is 18.2 Å². The maximum atomic E-state index is 15.7. The maximum absolute atomic E-state index is 15.7. The zero-order valence-electron chi connectivity index (χ0n) is 34.0. The fourth-order valence-electron chi connectivity index (χ4n) is 9.14. The number of anilines is 1. The van der Waals surface area contributed by atoms with Crippen LogP contribution in [-0.2, 0) is 26.3 Å². The Balaban J connectivity index is 0.807. The Morgan fingerprint density at radius 2 is 1.73 bits per heavy atom. The highest BCUT2D eigenvalue weighted by molar-refractivity contribution is 7.90. The van der Waals surface area contributed by atoms with Gasteiger partial charge in [-0.2, -0.15) is 12.7 Å². The molecule has 9 rings (SSSR count). The second-order valence-electron chi connectivity index (χ2n) is 16.6. The lowest BCUT2D eigenvalue weighted by molar-refractivity contribution is -0.136. The summed E-state index contributed by atoms with van der Waals surface area (Å²) in [5, 5.41) is 13.7. The lowest BCUT2D eigenvalue weighted by atomic mass is 9.88. The lowest BCUT2D eigenvalue weighted by Gasteiger charge is -2.32. The number of hydrogen-bond acceptors (Lipinski definition) is 9. The number of carbonyl (C=O) groups is 4. The number of aliphatic hydroxyl groups excluding tert-OH is 1. The van der Waals surface area contributed by atoms with Crippen LogP contribution < -0.4 is 10.0 Å². The van der Waals surface area contributed by atoms with Crippen molar-refractivity contribution in [1.82, 2.24) is 29.4 Å². The molecule has 5 aromatic rings. The lowest BCUT2D eigenvalue weighted by Crippen LogP contribution is -2.52. The summed E-state index contributed by atoms with van der Waals surface area (Å²) in [5.41, 5.74) is 3.28. The number of hydrogen-bond donors (Lipinski definition) is 4. The summed E-state index contributed by atoms with van der Waals surface area (Å²) in [7, 11) is -4.36. The highest BCUT2D eigenvalue weighted by atomic mass is 32.2. The summed E-state index contributed by atoms with van der Waals surface area (Å²) in [6.07, 6.45) is 3.66. The van der Waals surface area contributed by atoms with Gasteiger partial charge >= 0.3 is 10.2 Å². The number of nitrogens with one attached hydrogen (secondary N) is 3. The minimum absolute atomic E-state index is 0.00348. The molecule has 0 aliphatic carbocycles. The van der Waals surface area contributed by atoms with Crippen LogP contribution in [0.15, 0.2) is 73.1 Å². The number of H-pyrrole nitrogens is 1. The molecule has 63 heavy (non-hydrogen) atoms. The van der Waals surface area contributed by atoms with Gasteiger partial charge in [0.15, 0.2) is 5.82 Å². The van der Waals surface area contributed by atoms with E-state index in [2.05, 4.69) is 32.3 Å². The summed E-state index contributed by atoms with van der Waals surface area (Å²) in [4.78, 5) is 62.0. The quantitative estimate of drug-likeness (QED) is 0.0928. The van der Waals surface area contributed by atoms with Crippen molar-refractivity contribution >= 4 is 50.4 Å². The average molecular weight is 884 g/mol. The number of aromatic amines is 1. The van der Waals surface area contributed by atoms with Crippen molar-refractivity contribution in [3.8, 4) is 11.1 Å². The fraction of sp³-hybridized carbons (Fsp3) is 0.356. The third-order valence-corrected chi connectivity index (χ3v) is 14.2. The predicted molar refractivity (Wildman–Crippen MR) is 225 cm³/mol. The third-order valence-electron chi connectivity index (χ3n) is 12.7. The Morgan fingerprint density at radius 1 is 0.952 bits per heavy atom. The van der Waals surface area contributed by atoms with E-state index in [1.54, 1.807) is 24.4 Å². The average Bonchev–Trinajstić information content (AvgIpc) is 4.00. The van der Waals surface area contributed by atoms with Gasteiger partial charge in [0.25, 0.3) is 5.91 Å². The minimum atomic E-state index is -4.36. The molecule has 18 heteroatoms. The zero-order valence-corrected chi connectivity index (χ0v) is 34.8. The summed E-state index contributed by atoms with van der Waals surface area (Å²) >= 11 is 0. The molecule has 4 aliphatic rings. The van der Waals surface area contributed by atoms with Crippen LogP contribution in [-0.4, -0.2) is 106 Å². The highest BCUT2D eigenvalue weighted by Gasteiger charge is 2.39. The Hall–Kier alpha value is -5.95. The number of piperidine rings is 2. The van der Waals surface area contributed by atoms with Gasteiger partial charge in [-0.1, -0.05) is 36.4 Å². The number of fused-ring (bicyclic) bond motifs is 2. The number of alkyl halides is 1. The molecule has 3 aromatic carbocycles. The number of imide groups is 1. The number of halogens is 3. The second kappa shape index (κ2) is 17.0. The smallest absolute Gasteiger partial charge is 0.301 e. The molecular formula is C45H44F3N7O7S. The summed E-state index contributed by atoms with van der Waals surface area (Å²) in [5.74, 6) is -4.32. The largest absolute Gasteiger partial charge is 0.388 e. The summed E-state index contributed by atoms with van der Waals surface area (Å²) in [6, 6.07) is 16.0. The first-order chi connectivity index (χ1) is 30.2. The van der Waals surface area contributed by atoms with Crippen molar-refractivity contribution in [2.24, 2.45) is 0 Å². The topological polar surface area (TPSA) is 185 Å². The molecule has 4 aliphatic heterocycles. The molecule has 0 unspecified atom stereocenters. The number of likely N-dealkylation sites (tertiary alicyclic amines) is 1. The Bertz CT molecular complexity index is 2760. The van der Waals surface area contributed by atoms with Crippen molar-refractivity contribution in [2.75, 3.05) is 37.4 Å². The van der Waals surface area contributed by atoms with Gasteiger partial charge in [-0.05, 0) is 97.6 Å². The summed E-state index contributed by atoms with van der Waals surface area (Å²) in [6.45, 7) is 2.13. The molecule has 0 bridgehead atoms. The van der Waals surface area contributed by atoms with Gasteiger partial charge in [0.05, 0.1) is 17.4 Å². The number of carbonyl (C=O) groups excluding carboxylic acids is 4. The molecule has 2 aromatic heterocycles. The van der Waals surface area contributed by atoms with Crippen molar-refractivity contribution in [3.63, 3.8) is 0 Å². The molecule has 4 N–H and O–H groups in total. The van der Waals surface area contributed by atoms with E-state index in [-0.39, 0.29) is 49.7 Å². The molecule has 0 radical (unpaired) electrons. The Kier molecular flexibility index (Phi) is 11.4. The third kappa shape index (κ3) is 8.35. The number of rotatable bonds is 12. The first-order valence-electron chi connectivity index (χ1n) is 20.9. The van der Waals surface area contributed by atoms with Gasteiger partial charge in [-0.15, -0.1) is 0 Å². The Labute approximate surface area is 360 Å². The molecule has 0 saturated carbocycles. The molecule has 0 spiro atoms. The van der Waals surface area contributed by atoms with E-state index in [1.165, 1.54) is 16.7 Å². The first-order valence-corrected chi connectivity index (χ1v) is 22.4. The fourth-order valence-corrected chi connectivity index (χ4v) is 10.4. The van der Waals surface area contributed by atoms with Gasteiger partial charge in [-0.3, -0.25) is 29.2 Å². The van der Waals surface area contributed by atoms with E-state index < -0.39 is 69.6 Å². The summed E-state index contributed by atoms with van der Waals surface area (Å²) < 4.78 is 73.0. The number of amides is 3. The van der Waals surface area contributed by atoms with Crippen LogP contribution in [0.2, 0.25) is 0 Å². The van der Waals surface area contributed by atoms with Crippen LogP contribution in [0.4, 0.5) is 18.9 Å². The number of nitrogens with zero attached hydrogens (tertiary/aromatic N) is 4. The van der Waals surface area contributed by atoms with E-state index in [0.29, 0.717) is 46.6 Å². The van der Waals surface area contributed by atoms with Crippen molar-refractivity contribution < 1.29 is 45.9 Å². The van der Waals surface area contributed by atoms with Crippen LogP contribution in [0.1, 0.15) is 93.5 Å². The molecule has 3 fully saturated rings. The molecule has 3 amide bonds. The highest BCUT2D eigenvalue weighted by Crippen LogP contribution is 2.35. The van der Waals surface area contributed by atoms with E-state index in [4.69, 9.17) is 0 Å². The second-order valence-corrected chi connectivity index (χ2v) is 18.3. The van der Waals surface area contributed by atoms with E-state index in [0.717, 1.165) is 53.5 Å². The maximum Gasteiger partial charge on any atom is 0.301 e. The normalized spacial score (nSPS) is 20.6. The molecule has 14 nitrogen and oxygen atoms in total. The zero-order chi connectivity index (χ0) is 44.2.